The molecule has 0 saturated carbocycles. The monoisotopic (exact) mass is 364 g/mol. The van der Waals surface area contributed by atoms with E-state index in [4.69, 9.17) is 18.9 Å². The highest BCUT2D eigenvalue weighted by atomic mass is 16.5. The van der Waals surface area contributed by atoms with Crippen LogP contribution in [0, 0.1) is 0 Å². The molecule has 0 aromatic heterocycles. The van der Waals surface area contributed by atoms with Gasteiger partial charge in [0.2, 0.25) is 0 Å². The Morgan fingerprint density at radius 2 is 1.42 bits per heavy atom. The van der Waals surface area contributed by atoms with Crippen molar-refractivity contribution in [3.63, 3.8) is 0 Å². The molecule has 0 radical (unpaired) electrons. The first-order valence-electron chi connectivity index (χ1n) is 8.03. The summed E-state index contributed by atoms with van der Waals surface area (Å²) in [5, 5.41) is 29.5. The first-order chi connectivity index (χ1) is 12.6. The first-order valence-corrected chi connectivity index (χ1v) is 8.03. The lowest BCUT2D eigenvalue weighted by molar-refractivity contribution is -0.000540. The molecule has 2 aromatic rings. The number of methoxy groups -OCH3 is 3. The van der Waals surface area contributed by atoms with E-state index in [-0.39, 0.29) is 6.61 Å². The Morgan fingerprint density at radius 1 is 0.808 bits per heavy atom. The fraction of sp³-hybridized carbons (Fsp3) is 0.368. The van der Waals surface area contributed by atoms with Gasteiger partial charge in [-0.15, -0.1) is 0 Å². The maximum Gasteiger partial charge on any atom is 0.161 e. The van der Waals surface area contributed by atoms with Gasteiger partial charge in [-0.25, -0.2) is 0 Å². The van der Waals surface area contributed by atoms with Crippen LogP contribution in [0.3, 0.4) is 0 Å². The number of aliphatic hydroxyl groups excluding tert-OH is 3. The van der Waals surface area contributed by atoms with E-state index in [1.807, 2.05) is 0 Å². The molecule has 7 nitrogen and oxygen atoms in total. The minimum Gasteiger partial charge on any atom is -0.493 e. The van der Waals surface area contributed by atoms with Crippen molar-refractivity contribution in [3.05, 3.63) is 47.5 Å². The molecule has 0 aliphatic carbocycles. The highest BCUT2D eigenvalue weighted by Crippen LogP contribution is 2.34. The zero-order valence-electron chi connectivity index (χ0n) is 15.0. The van der Waals surface area contributed by atoms with Gasteiger partial charge >= 0.3 is 0 Å². The van der Waals surface area contributed by atoms with E-state index in [1.54, 1.807) is 36.4 Å². The Labute approximate surface area is 152 Å². The second-order valence-electron chi connectivity index (χ2n) is 5.54. The predicted molar refractivity (Wildman–Crippen MR) is 94.9 cm³/mol. The summed E-state index contributed by atoms with van der Waals surface area (Å²) in [6.07, 6.45) is -2.04. The molecule has 0 bridgehead atoms. The van der Waals surface area contributed by atoms with Crippen molar-refractivity contribution in [2.24, 2.45) is 0 Å². The van der Waals surface area contributed by atoms with Gasteiger partial charge in [0.1, 0.15) is 6.10 Å². The lowest BCUT2D eigenvalue weighted by Gasteiger charge is -2.24. The minimum atomic E-state index is -1.11. The third-order valence-electron chi connectivity index (χ3n) is 3.97. The number of aliphatic hydroxyl groups is 3. The van der Waals surface area contributed by atoms with Crippen LogP contribution in [0.4, 0.5) is 0 Å². The van der Waals surface area contributed by atoms with Gasteiger partial charge in [-0.2, -0.15) is 0 Å². The van der Waals surface area contributed by atoms with Crippen LogP contribution in [0.15, 0.2) is 36.4 Å². The van der Waals surface area contributed by atoms with Crippen LogP contribution in [0.1, 0.15) is 17.2 Å². The number of benzene rings is 2. The van der Waals surface area contributed by atoms with Crippen LogP contribution in [-0.2, 0) is 6.61 Å². The van der Waals surface area contributed by atoms with Gasteiger partial charge in [0.15, 0.2) is 29.1 Å². The average molecular weight is 364 g/mol. The number of rotatable bonds is 9. The maximum atomic E-state index is 10.6. The van der Waals surface area contributed by atoms with Crippen molar-refractivity contribution in [1.82, 2.24) is 0 Å². The SMILES string of the molecule is COc1ccc([C@@H](O)[C@H](CO)Oc2ccc(CO)cc2OC)cc1OC. The van der Waals surface area contributed by atoms with Gasteiger partial charge in [0.25, 0.3) is 0 Å². The molecule has 0 saturated heterocycles. The van der Waals surface area contributed by atoms with Crippen molar-refractivity contribution < 1.29 is 34.3 Å². The van der Waals surface area contributed by atoms with E-state index < -0.39 is 18.8 Å². The molecule has 142 valence electrons. The number of hydrogen-bond donors (Lipinski definition) is 3. The van der Waals surface area contributed by atoms with Crippen LogP contribution in [0.25, 0.3) is 0 Å². The van der Waals surface area contributed by atoms with Crippen molar-refractivity contribution in [2.75, 3.05) is 27.9 Å². The summed E-state index contributed by atoms with van der Waals surface area (Å²) in [6, 6.07) is 9.89. The highest BCUT2D eigenvalue weighted by molar-refractivity contribution is 5.45. The molecular formula is C19H24O7. The van der Waals surface area contributed by atoms with E-state index in [0.29, 0.717) is 34.1 Å². The van der Waals surface area contributed by atoms with Gasteiger partial charge in [-0.3, -0.25) is 0 Å². The van der Waals surface area contributed by atoms with E-state index in [2.05, 4.69) is 0 Å². The zero-order chi connectivity index (χ0) is 19.1. The summed E-state index contributed by atoms with van der Waals surface area (Å²) in [5.74, 6) is 1.74. The normalized spacial score (nSPS) is 13.0. The van der Waals surface area contributed by atoms with Gasteiger partial charge in [-0.05, 0) is 35.4 Å². The molecule has 2 atom stereocenters. The molecule has 0 spiro atoms. The van der Waals surface area contributed by atoms with Crippen molar-refractivity contribution in [2.45, 2.75) is 18.8 Å². The second kappa shape index (κ2) is 9.28. The average Bonchev–Trinajstić information content (AvgIpc) is 2.70. The van der Waals surface area contributed by atoms with Gasteiger partial charge in [0.05, 0.1) is 34.5 Å². The Hall–Kier alpha value is -2.48. The molecule has 0 amide bonds. The lowest BCUT2D eigenvalue weighted by Crippen LogP contribution is -2.29. The topological polar surface area (TPSA) is 97.6 Å². The van der Waals surface area contributed by atoms with Gasteiger partial charge < -0.3 is 34.3 Å². The number of ether oxygens (including phenoxy) is 4. The van der Waals surface area contributed by atoms with E-state index >= 15 is 0 Å². The Kier molecular flexibility index (Phi) is 7.08. The van der Waals surface area contributed by atoms with Crippen LogP contribution < -0.4 is 18.9 Å². The summed E-state index contributed by atoms with van der Waals surface area (Å²) in [5.41, 5.74) is 1.17. The van der Waals surface area contributed by atoms with E-state index in [1.165, 1.54) is 21.3 Å². The molecule has 2 rings (SSSR count). The van der Waals surface area contributed by atoms with E-state index in [9.17, 15) is 15.3 Å². The van der Waals surface area contributed by atoms with Crippen molar-refractivity contribution >= 4 is 0 Å². The molecular weight excluding hydrogens is 340 g/mol. The third-order valence-corrected chi connectivity index (χ3v) is 3.97. The summed E-state index contributed by atoms with van der Waals surface area (Å²) < 4.78 is 21.4. The smallest absolute Gasteiger partial charge is 0.161 e. The molecule has 7 heteroatoms. The largest absolute Gasteiger partial charge is 0.493 e. The lowest BCUT2D eigenvalue weighted by atomic mass is 10.0. The van der Waals surface area contributed by atoms with Gasteiger partial charge in [0, 0.05) is 0 Å². The summed E-state index contributed by atoms with van der Waals surface area (Å²) >= 11 is 0. The minimum absolute atomic E-state index is 0.131. The molecule has 0 fully saturated rings. The van der Waals surface area contributed by atoms with Crippen molar-refractivity contribution in [3.8, 4) is 23.0 Å². The van der Waals surface area contributed by atoms with Crippen LogP contribution in [-0.4, -0.2) is 49.4 Å². The zero-order valence-corrected chi connectivity index (χ0v) is 15.0. The van der Waals surface area contributed by atoms with Gasteiger partial charge in [-0.1, -0.05) is 12.1 Å². The molecule has 26 heavy (non-hydrogen) atoms. The van der Waals surface area contributed by atoms with Crippen LogP contribution >= 0.6 is 0 Å². The summed E-state index contributed by atoms with van der Waals surface area (Å²) in [6.45, 7) is -0.547. The fourth-order valence-corrected chi connectivity index (χ4v) is 2.52. The number of hydrogen-bond acceptors (Lipinski definition) is 7. The molecule has 2 aromatic carbocycles. The molecule has 0 heterocycles. The molecule has 0 unspecified atom stereocenters. The second-order valence-corrected chi connectivity index (χ2v) is 5.54. The Balaban J connectivity index is 2.25. The fourth-order valence-electron chi connectivity index (χ4n) is 2.52. The molecule has 0 aliphatic heterocycles. The van der Waals surface area contributed by atoms with Crippen molar-refractivity contribution in [1.29, 1.82) is 0 Å². The standard InChI is InChI=1S/C19H24O7/c1-23-14-7-5-13(9-17(14)25-3)19(22)18(11-21)26-15-6-4-12(10-20)8-16(15)24-2/h4-9,18-22H,10-11H2,1-3H3/t18-,19+/m0/s1. The van der Waals surface area contributed by atoms with Crippen LogP contribution in [0.5, 0.6) is 23.0 Å². The highest BCUT2D eigenvalue weighted by Gasteiger charge is 2.24. The predicted octanol–water partition coefficient (Wildman–Crippen LogP) is 1.68. The molecule has 3 N–H and O–H groups in total. The Bertz CT molecular complexity index is 717. The summed E-state index contributed by atoms with van der Waals surface area (Å²) in [4.78, 5) is 0. The maximum absolute atomic E-state index is 10.6. The molecule has 0 aliphatic rings. The first kappa shape index (κ1) is 19.8. The quantitative estimate of drug-likeness (QED) is 0.623. The van der Waals surface area contributed by atoms with E-state index in [0.717, 1.165) is 0 Å². The third kappa shape index (κ3) is 4.37. The Morgan fingerprint density at radius 3 is 2.00 bits per heavy atom. The summed E-state index contributed by atoms with van der Waals surface area (Å²) in [7, 11) is 4.50. The van der Waals surface area contributed by atoms with Crippen LogP contribution in [0.2, 0.25) is 0 Å².